The van der Waals surface area contributed by atoms with Crippen LogP contribution in [0.3, 0.4) is 0 Å². The van der Waals surface area contributed by atoms with Crippen LogP contribution < -0.4 is 5.32 Å². The van der Waals surface area contributed by atoms with Crippen molar-refractivity contribution in [2.75, 3.05) is 0 Å². The summed E-state index contributed by atoms with van der Waals surface area (Å²) in [6.07, 6.45) is 5.27. The Balaban J connectivity index is 1.75. The molecule has 0 radical (unpaired) electrons. The van der Waals surface area contributed by atoms with Crippen molar-refractivity contribution >= 4 is 5.91 Å². The second kappa shape index (κ2) is 7.26. The van der Waals surface area contributed by atoms with Crippen LogP contribution in [0.4, 0.5) is 0 Å². The summed E-state index contributed by atoms with van der Waals surface area (Å²) in [5.74, 6) is -0.0465. The van der Waals surface area contributed by atoms with E-state index in [9.17, 15) is 4.79 Å². The fourth-order valence-corrected chi connectivity index (χ4v) is 3.07. The highest BCUT2D eigenvalue weighted by atomic mass is 16.1. The molecule has 1 aromatic carbocycles. The molecule has 1 N–H and O–H groups in total. The van der Waals surface area contributed by atoms with Gasteiger partial charge in [0.2, 0.25) is 0 Å². The first-order valence-corrected chi connectivity index (χ1v) is 8.26. The van der Waals surface area contributed by atoms with Crippen LogP contribution in [0.25, 0.3) is 11.3 Å². The average molecular weight is 331 g/mol. The highest BCUT2D eigenvalue weighted by molar-refractivity contribution is 5.97. The van der Waals surface area contributed by atoms with Crippen LogP contribution in [0, 0.1) is 20.8 Å². The van der Waals surface area contributed by atoms with Crippen molar-refractivity contribution in [3.8, 4) is 11.3 Å². The van der Waals surface area contributed by atoms with Crippen LogP contribution in [0.15, 0.2) is 55.0 Å². The van der Waals surface area contributed by atoms with Gasteiger partial charge in [0.25, 0.3) is 5.91 Å². The summed E-state index contributed by atoms with van der Waals surface area (Å²) < 4.78 is 0. The van der Waals surface area contributed by atoms with E-state index in [1.807, 2.05) is 57.2 Å². The number of pyridine rings is 2. The van der Waals surface area contributed by atoms with Gasteiger partial charge in [-0.05, 0) is 61.7 Å². The molecule has 3 aromatic rings. The number of carbonyl (C=O) groups excluding carboxylic acids is 1. The lowest BCUT2D eigenvalue weighted by molar-refractivity contribution is 0.0949. The lowest BCUT2D eigenvalue weighted by Crippen LogP contribution is -2.24. The number of nitrogens with one attached hydrogen (secondary N) is 1. The van der Waals surface area contributed by atoms with Crippen LogP contribution >= 0.6 is 0 Å². The Morgan fingerprint density at radius 3 is 2.48 bits per heavy atom. The number of carbonyl (C=O) groups is 1. The van der Waals surface area contributed by atoms with E-state index < -0.39 is 0 Å². The van der Waals surface area contributed by atoms with Gasteiger partial charge in [0.1, 0.15) is 0 Å². The smallest absolute Gasteiger partial charge is 0.252 e. The predicted octanol–water partition coefficient (Wildman–Crippen LogP) is 4.00. The summed E-state index contributed by atoms with van der Waals surface area (Å²) in [6.45, 7) is 6.45. The van der Waals surface area contributed by atoms with E-state index in [1.54, 1.807) is 18.6 Å². The molecule has 25 heavy (non-hydrogen) atoms. The number of rotatable bonds is 4. The Hall–Kier alpha value is -3.01. The topological polar surface area (TPSA) is 54.9 Å². The van der Waals surface area contributed by atoms with Crippen LogP contribution in [-0.4, -0.2) is 15.9 Å². The largest absolute Gasteiger partial charge is 0.348 e. The molecule has 0 bridgehead atoms. The zero-order chi connectivity index (χ0) is 17.8. The monoisotopic (exact) mass is 331 g/mol. The van der Waals surface area contributed by atoms with Gasteiger partial charge in [-0.15, -0.1) is 0 Å². The van der Waals surface area contributed by atoms with E-state index in [-0.39, 0.29) is 5.91 Å². The van der Waals surface area contributed by atoms with Gasteiger partial charge in [0, 0.05) is 36.3 Å². The molecule has 0 unspecified atom stereocenters. The van der Waals surface area contributed by atoms with Gasteiger partial charge in [0.15, 0.2) is 0 Å². The van der Waals surface area contributed by atoms with Crippen molar-refractivity contribution in [2.45, 2.75) is 27.3 Å². The second-order valence-electron chi connectivity index (χ2n) is 6.25. The molecule has 0 saturated carbocycles. The van der Waals surface area contributed by atoms with Gasteiger partial charge in [-0.25, -0.2) is 0 Å². The summed E-state index contributed by atoms with van der Waals surface area (Å²) in [6, 6.07) is 11.8. The Bertz CT molecular complexity index is 881. The average Bonchev–Trinajstić information content (AvgIpc) is 2.60. The predicted molar refractivity (Wildman–Crippen MR) is 99.3 cm³/mol. The minimum absolute atomic E-state index is 0.0465. The van der Waals surface area contributed by atoms with Crippen molar-refractivity contribution < 1.29 is 4.79 Å². The molecule has 0 spiro atoms. The van der Waals surface area contributed by atoms with Crippen molar-refractivity contribution in [1.82, 2.24) is 15.3 Å². The van der Waals surface area contributed by atoms with Gasteiger partial charge in [-0.3, -0.25) is 14.8 Å². The molecule has 0 saturated heterocycles. The molecule has 4 heteroatoms. The molecule has 1 amide bonds. The van der Waals surface area contributed by atoms with Crippen LogP contribution in [0.1, 0.15) is 32.6 Å². The SMILES string of the molecule is Cc1cc(C)c(C(=O)NCc2ccnc(-c3cccnc3)c2)c(C)c1. The maximum Gasteiger partial charge on any atom is 0.252 e. The zero-order valence-electron chi connectivity index (χ0n) is 14.7. The van der Waals surface area contributed by atoms with E-state index in [0.29, 0.717) is 6.54 Å². The van der Waals surface area contributed by atoms with Gasteiger partial charge >= 0.3 is 0 Å². The third-order valence-corrected chi connectivity index (χ3v) is 4.14. The summed E-state index contributed by atoms with van der Waals surface area (Å²) in [7, 11) is 0. The number of benzene rings is 1. The first-order valence-electron chi connectivity index (χ1n) is 8.26. The number of aromatic nitrogens is 2. The van der Waals surface area contributed by atoms with Gasteiger partial charge in [-0.1, -0.05) is 17.7 Å². The Labute approximate surface area is 148 Å². The fraction of sp³-hybridized carbons (Fsp3) is 0.190. The van der Waals surface area contributed by atoms with Gasteiger partial charge in [-0.2, -0.15) is 0 Å². The number of amides is 1. The first kappa shape index (κ1) is 16.8. The third-order valence-electron chi connectivity index (χ3n) is 4.14. The van der Waals surface area contributed by atoms with Crippen LogP contribution in [-0.2, 0) is 6.54 Å². The molecular weight excluding hydrogens is 310 g/mol. The highest BCUT2D eigenvalue weighted by Crippen LogP contribution is 2.18. The highest BCUT2D eigenvalue weighted by Gasteiger charge is 2.12. The summed E-state index contributed by atoms with van der Waals surface area (Å²) in [5.41, 5.74) is 6.74. The maximum atomic E-state index is 12.6. The molecule has 126 valence electrons. The molecule has 0 atom stereocenters. The lowest BCUT2D eigenvalue weighted by Gasteiger charge is -2.12. The van der Waals surface area contributed by atoms with Crippen LogP contribution in [0.2, 0.25) is 0 Å². The lowest BCUT2D eigenvalue weighted by atomic mass is 9.99. The molecule has 0 fully saturated rings. The number of nitrogens with zero attached hydrogens (tertiary/aromatic N) is 2. The summed E-state index contributed by atoms with van der Waals surface area (Å²) in [4.78, 5) is 21.1. The minimum atomic E-state index is -0.0465. The van der Waals surface area contributed by atoms with Crippen molar-refractivity contribution in [3.05, 3.63) is 82.8 Å². The van der Waals surface area contributed by atoms with Gasteiger partial charge in [0.05, 0.1) is 5.69 Å². The molecule has 0 aliphatic carbocycles. The Kier molecular flexibility index (Phi) is 4.89. The van der Waals surface area contributed by atoms with E-state index in [2.05, 4.69) is 15.3 Å². The normalized spacial score (nSPS) is 10.5. The molecule has 3 rings (SSSR count). The van der Waals surface area contributed by atoms with E-state index in [1.165, 1.54) is 5.56 Å². The summed E-state index contributed by atoms with van der Waals surface area (Å²) in [5, 5.41) is 3.01. The number of aryl methyl sites for hydroxylation is 3. The van der Waals surface area contributed by atoms with Crippen molar-refractivity contribution in [1.29, 1.82) is 0 Å². The van der Waals surface area contributed by atoms with E-state index in [0.717, 1.165) is 33.5 Å². The molecule has 0 aliphatic heterocycles. The maximum absolute atomic E-state index is 12.6. The zero-order valence-corrected chi connectivity index (χ0v) is 14.7. The molecule has 4 nitrogen and oxygen atoms in total. The molecule has 2 aromatic heterocycles. The second-order valence-corrected chi connectivity index (χ2v) is 6.25. The van der Waals surface area contributed by atoms with E-state index >= 15 is 0 Å². The molecule has 0 aliphatic rings. The van der Waals surface area contributed by atoms with E-state index in [4.69, 9.17) is 0 Å². The van der Waals surface area contributed by atoms with Crippen LogP contribution in [0.5, 0.6) is 0 Å². The standard InChI is InChI=1S/C21H21N3O/c1-14-9-15(2)20(16(3)10-14)21(25)24-12-17-6-8-23-19(11-17)18-5-4-7-22-13-18/h4-11,13H,12H2,1-3H3,(H,24,25). The minimum Gasteiger partial charge on any atom is -0.348 e. The Morgan fingerprint density at radius 2 is 1.80 bits per heavy atom. The molecular formula is C21H21N3O. The fourth-order valence-electron chi connectivity index (χ4n) is 3.07. The van der Waals surface area contributed by atoms with Crippen molar-refractivity contribution in [3.63, 3.8) is 0 Å². The summed E-state index contributed by atoms with van der Waals surface area (Å²) >= 11 is 0. The third kappa shape index (κ3) is 3.91. The Morgan fingerprint density at radius 1 is 1.04 bits per heavy atom. The van der Waals surface area contributed by atoms with Crippen molar-refractivity contribution in [2.24, 2.45) is 0 Å². The number of hydrogen-bond acceptors (Lipinski definition) is 3. The van der Waals surface area contributed by atoms with Gasteiger partial charge < -0.3 is 5.32 Å². The number of hydrogen-bond donors (Lipinski definition) is 1. The first-order chi connectivity index (χ1) is 12.0. The molecule has 2 heterocycles. The quantitative estimate of drug-likeness (QED) is 0.786.